The summed E-state index contributed by atoms with van der Waals surface area (Å²) < 4.78 is 16.5. The molecule has 1 saturated heterocycles. The third-order valence-corrected chi connectivity index (χ3v) is 5.24. The van der Waals surface area contributed by atoms with Gasteiger partial charge in [0.2, 0.25) is 0 Å². The van der Waals surface area contributed by atoms with Crippen LogP contribution in [-0.4, -0.2) is 55.0 Å². The maximum atomic E-state index is 12.3. The molecule has 2 amide bonds. The number of likely N-dealkylation sites (tertiary alicyclic amines) is 1. The van der Waals surface area contributed by atoms with Crippen molar-refractivity contribution in [2.24, 2.45) is 0 Å². The summed E-state index contributed by atoms with van der Waals surface area (Å²) in [6.07, 6.45) is 0.984. The lowest BCUT2D eigenvalue weighted by Crippen LogP contribution is -2.45. The van der Waals surface area contributed by atoms with Gasteiger partial charge in [0.1, 0.15) is 24.6 Å². The lowest BCUT2D eigenvalue weighted by atomic mass is 10.1. The molecule has 0 unspecified atom stereocenters. The first-order chi connectivity index (χ1) is 16.3. The monoisotopic (exact) mass is 469 g/mol. The van der Waals surface area contributed by atoms with Crippen LogP contribution in [0, 0.1) is 0 Å². The molecule has 0 atom stereocenters. The van der Waals surface area contributed by atoms with Gasteiger partial charge in [-0.05, 0) is 51.3 Å². The lowest BCUT2D eigenvalue weighted by Gasteiger charge is -2.31. The Kier molecular flexibility index (Phi) is 9.16. The standard InChI is InChI=1S/C26H35N3O5/c1-26(2,3)34-24(30)28-22-10-7-11-23(18-22)32-17-14-27-21-12-15-29(16-13-21)25(31)33-19-20-8-5-4-6-9-20/h4-11,18,21,27H,12-17,19H2,1-3H3,(H,28,30). The Morgan fingerprint density at radius 3 is 2.47 bits per heavy atom. The zero-order valence-electron chi connectivity index (χ0n) is 20.2. The second-order valence-electron chi connectivity index (χ2n) is 9.26. The molecule has 1 aliphatic heterocycles. The van der Waals surface area contributed by atoms with Crippen molar-refractivity contribution in [3.8, 4) is 5.75 Å². The second-order valence-corrected chi connectivity index (χ2v) is 9.26. The van der Waals surface area contributed by atoms with Crippen LogP contribution in [0.5, 0.6) is 5.75 Å². The van der Waals surface area contributed by atoms with Crippen LogP contribution in [-0.2, 0) is 16.1 Å². The fraction of sp³-hybridized carbons (Fsp3) is 0.462. The molecule has 0 saturated carbocycles. The van der Waals surface area contributed by atoms with Crippen LogP contribution in [0.15, 0.2) is 54.6 Å². The van der Waals surface area contributed by atoms with Crippen LogP contribution in [0.3, 0.4) is 0 Å². The van der Waals surface area contributed by atoms with E-state index < -0.39 is 11.7 Å². The van der Waals surface area contributed by atoms with E-state index in [1.165, 1.54) is 0 Å². The van der Waals surface area contributed by atoms with Crippen molar-refractivity contribution in [3.05, 3.63) is 60.2 Å². The Morgan fingerprint density at radius 2 is 1.76 bits per heavy atom. The number of carbonyl (C=O) groups excluding carboxylic acids is 2. The van der Waals surface area contributed by atoms with Gasteiger partial charge in [0.15, 0.2) is 0 Å². The number of amides is 2. The summed E-state index contributed by atoms with van der Waals surface area (Å²) in [6.45, 7) is 8.28. The summed E-state index contributed by atoms with van der Waals surface area (Å²) in [7, 11) is 0. The van der Waals surface area contributed by atoms with Crippen LogP contribution >= 0.6 is 0 Å². The fourth-order valence-corrected chi connectivity index (χ4v) is 3.59. The average molecular weight is 470 g/mol. The molecule has 1 aliphatic rings. The molecule has 1 fully saturated rings. The number of hydrogen-bond acceptors (Lipinski definition) is 6. The summed E-state index contributed by atoms with van der Waals surface area (Å²) in [5.74, 6) is 0.673. The van der Waals surface area contributed by atoms with Crippen molar-refractivity contribution < 1.29 is 23.8 Å². The number of benzene rings is 2. The minimum atomic E-state index is -0.553. The number of piperidine rings is 1. The molecule has 0 aliphatic carbocycles. The number of nitrogens with one attached hydrogen (secondary N) is 2. The first kappa shape index (κ1) is 25.4. The van der Waals surface area contributed by atoms with Crippen LogP contribution in [0.1, 0.15) is 39.2 Å². The number of anilines is 1. The quantitative estimate of drug-likeness (QED) is 0.540. The smallest absolute Gasteiger partial charge is 0.412 e. The van der Waals surface area contributed by atoms with Gasteiger partial charge < -0.3 is 24.4 Å². The topological polar surface area (TPSA) is 89.1 Å². The summed E-state index contributed by atoms with van der Waals surface area (Å²) in [6, 6.07) is 17.2. The number of rotatable bonds is 8. The largest absolute Gasteiger partial charge is 0.492 e. The second kappa shape index (κ2) is 12.3. The molecule has 0 bridgehead atoms. The van der Waals surface area contributed by atoms with Gasteiger partial charge in [-0.3, -0.25) is 5.32 Å². The van der Waals surface area contributed by atoms with Gasteiger partial charge in [0.25, 0.3) is 0 Å². The predicted octanol–water partition coefficient (Wildman–Crippen LogP) is 4.80. The molecule has 3 rings (SSSR count). The average Bonchev–Trinajstić information content (AvgIpc) is 2.80. The van der Waals surface area contributed by atoms with Crippen molar-refractivity contribution in [1.29, 1.82) is 0 Å². The van der Waals surface area contributed by atoms with Crippen molar-refractivity contribution >= 4 is 17.9 Å². The third kappa shape index (κ3) is 8.94. The molecule has 184 valence electrons. The molecule has 0 aromatic heterocycles. The van der Waals surface area contributed by atoms with Crippen molar-refractivity contribution in [3.63, 3.8) is 0 Å². The maximum absolute atomic E-state index is 12.3. The highest BCUT2D eigenvalue weighted by Gasteiger charge is 2.23. The first-order valence-corrected chi connectivity index (χ1v) is 11.7. The molecular formula is C26H35N3O5. The summed E-state index contributed by atoms with van der Waals surface area (Å²) >= 11 is 0. The highest BCUT2D eigenvalue weighted by Crippen LogP contribution is 2.19. The van der Waals surface area contributed by atoms with E-state index in [9.17, 15) is 9.59 Å². The normalized spacial score (nSPS) is 14.4. The highest BCUT2D eigenvalue weighted by atomic mass is 16.6. The minimum Gasteiger partial charge on any atom is -0.492 e. The van der Waals surface area contributed by atoms with Crippen LogP contribution in [0.25, 0.3) is 0 Å². The molecule has 8 nitrogen and oxygen atoms in total. The van der Waals surface area contributed by atoms with Gasteiger partial charge in [0.05, 0.1) is 0 Å². The van der Waals surface area contributed by atoms with Crippen LogP contribution in [0.2, 0.25) is 0 Å². The summed E-state index contributed by atoms with van der Waals surface area (Å²) in [4.78, 5) is 26.0. The van der Waals surface area contributed by atoms with E-state index in [0.717, 1.165) is 18.4 Å². The van der Waals surface area contributed by atoms with E-state index in [4.69, 9.17) is 14.2 Å². The molecule has 2 aromatic rings. The number of carbonyl (C=O) groups is 2. The van der Waals surface area contributed by atoms with E-state index in [-0.39, 0.29) is 6.09 Å². The summed E-state index contributed by atoms with van der Waals surface area (Å²) in [5, 5.41) is 6.20. The molecule has 2 N–H and O–H groups in total. The van der Waals surface area contributed by atoms with Gasteiger partial charge in [0, 0.05) is 37.4 Å². The molecule has 2 aromatic carbocycles. The van der Waals surface area contributed by atoms with Gasteiger partial charge in [-0.2, -0.15) is 0 Å². The van der Waals surface area contributed by atoms with Crippen LogP contribution in [0.4, 0.5) is 15.3 Å². The number of ether oxygens (including phenoxy) is 3. The Balaban J connectivity index is 1.31. The van der Waals surface area contributed by atoms with E-state index in [1.807, 2.05) is 63.2 Å². The zero-order valence-corrected chi connectivity index (χ0v) is 20.2. The molecule has 0 radical (unpaired) electrons. The molecule has 0 spiro atoms. The van der Waals surface area contributed by atoms with E-state index in [2.05, 4.69) is 10.6 Å². The lowest BCUT2D eigenvalue weighted by molar-refractivity contribution is 0.0635. The first-order valence-electron chi connectivity index (χ1n) is 11.7. The Hall–Kier alpha value is -3.26. The van der Waals surface area contributed by atoms with Crippen molar-refractivity contribution in [2.75, 3.05) is 31.6 Å². The molecule has 1 heterocycles. The highest BCUT2D eigenvalue weighted by molar-refractivity contribution is 5.85. The fourth-order valence-electron chi connectivity index (χ4n) is 3.59. The van der Waals surface area contributed by atoms with Gasteiger partial charge in [-0.25, -0.2) is 9.59 Å². The van der Waals surface area contributed by atoms with E-state index >= 15 is 0 Å². The van der Waals surface area contributed by atoms with Gasteiger partial charge in [-0.1, -0.05) is 36.4 Å². The maximum Gasteiger partial charge on any atom is 0.412 e. The molecule has 8 heteroatoms. The zero-order chi connectivity index (χ0) is 24.4. The Bertz CT molecular complexity index is 922. The van der Waals surface area contributed by atoms with Crippen LogP contribution < -0.4 is 15.4 Å². The third-order valence-electron chi connectivity index (χ3n) is 5.24. The van der Waals surface area contributed by atoms with Gasteiger partial charge >= 0.3 is 12.2 Å². The van der Waals surface area contributed by atoms with E-state index in [1.54, 1.807) is 17.0 Å². The molecular weight excluding hydrogens is 434 g/mol. The minimum absolute atomic E-state index is 0.259. The SMILES string of the molecule is CC(C)(C)OC(=O)Nc1cccc(OCCNC2CCN(C(=O)OCc3ccccc3)CC2)c1. The Labute approximate surface area is 201 Å². The Morgan fingerprint density at radius 1 is 1.03 bits per heavy atom. The summed E-state index contributed by atoms with van der Waals surface area (Å²) in [5.41, 5.74) is 1.05. The predicted molar refractivity (Wildman–Crippen MR) is 131 cm³/mol. The van der Waals surface area contributed by atoms with Crippen molar-refractivity contribution in [2.45, 2.75) is 51.9 Å². The van der Waals surface area contributed by atoms with Gasteiger partial charge in [-0.15, -0.1) is 0 Å². The van der Waals surface area contributed by atoms with E-state index in [0.29, 0.717) is 50.3 Å². The number of hydrogen-bond donors (Lipinski definition) is 2. The molecule has 34 heavy (non-hydrogen) atoms. The van der Waals surface area contributed by atoms with Crippen molar-refractivity contribution in [1.82, 2.24) is 10.2 Å². The number of nitrogens with zero attached hydrogens (tertiary/aromatic N) is 1.